The molecule has 0 radical (unpaired) electrons. The molecule has 0 bridgehead atoms. The summed E-state index contributed by atoms with van der Waals surface area (Å²) in [5.74, 6) is 1.49. The highest BCUT2D eigenvalue weighted by Crippen LogP contribution is 2.25. The van der Waals surface area contributed by atoms with Crippen LogP contribution in [-0.2, 0) is 6.54 Å². The summed E-state index contributed by atoms with van der Waals surface area (Å²) in [7, 11) is 0. The van der Waals surface area contributed by atoms with Gasteiger partial charge in [0.05, 0.1) is 6.33 Å². The normalized spacial score (nSPS) is 18.2. The first-order chi connectivity index (χ1) is 7.77. The molecule has 2 rings (SSSR count). The van der Waals surface area contributed by atoms with Gasteiger partial charge in [0.2, 0.25) is 0 Å². The molecular weight excluding hydrogens is 198 g/mol. The molecule has 1 fully saturated rings. The summed E-state index contributed by atoms with van der Waals surface area (Å²) in [5, 5.41) is 3.42. The largest absolute Gasteiger partial charge is 0.334 e. The molecule has 0 saturated carbocycles. The second kappa shape index (κ2) is 5.48. The molecule has 1 aliphatic rings. The Kier molecular flexibility index (Phi) is 3.99. The van der Waals surface area contributed by atoms with E-state index in [4.69, 9.17) is 0 Å². The number of rotatable bonds is 4. The number of piperidine rings is 1. The lowest BCUT2D eigenvalue weighted by Crippen LogP contribution is -2.27. The molecule has 0 aromatic carbocycles. The number of aryl methyl sites for hydroxylation is 1. The molecule has 16 heavy (non-hydrogen) atoms. The summed E-state index contributed by atoms with van der Waals surface area (Å²) in [5.41, 5.74) is 1.45. The van der Waals surface area contributed by atoms with Crippen molar-refractivity contribution in [3.8, 4) is 0 Å². The summed E-state index contributed by atoms with van der Waals surface area (Å²) < 4.78 is 2.36. The molecule has 1 aliphatic heterocycles. The Morgan fingerprint density at radius 3 is 2.88 bits per heavy atom. The van der Waals surface area contributed by atoms with Gasteiger partial charge in [-0.05, 0) is 38.3 Å². The van der Waals surface area contributed by atoms with Crippen LogP contribution >= 0.6 is 0 Å². The molecule has 0 aliphatic carbocycles. The number of nitrogens with zero attached hydrogens (tertiary/aromatic N) is 2. The molecule has 2 heterocycles. The van der Waals surface area contributed by atoms with Crippen molar-refractivity contribution in [3.05, 3.63) is 18.2 Å². The zero-order valence-electron chi connectivity index (χ0n) is 10.4. The van der Waals surface area contributed by atoms with Crippen LogP contribution in [0.3, 0.4) is 0 Å². The van der Waals surface area contributed by atoms with E-state index in [0.717, 1.165) is 31.5 Å². The van der Waals surface area contributed by atoms with Gasteiger partial charge >= 0.3 is 0 Å². The van der Waals surface area contributed by atoms with E-state index in [9.17, 15) is 0 Å². The number of imidazole rings is 1. The van der Waals surface area contributed by atoms with Crippen LogP contribution in [0.15, 0.2) is 12.5 Å². The van der Waals surface area contributed by atoms with E-state index >= 15 is 0 Å². The lowest BCUT2D eigenvalue weighted by molar-refractivity contribution is 0.428. The fourth-order valence-electron chi connectivity index (χ4n) is 2.37. The predicted octanol–water partition coefficient (Wildman–Crippen LogP) is 2.40. The summed E-state index contributed by atoms with van der Waals surface area (Å²) in [6.45, 7) is 7.99. The van der Waals surface area contributed by atoms with E-state index in [1.54, 1.807) is 0 Å². The van der Waals surface area contributed by atoms with Gasteiger partial charge in [-0.3, -0.25) is 0 Å². The fourth-order valence-corrected chi connectivity index (χ4v) is 2.37. The molecule has 0 amide bonds. The maximum absolute atomic E-state index is 4.32. The van der Waals surface area contributed by atoms with E-state index in [1.807, 2.05) is 6.33 Å². The van der Waals surface area contributed by atoms with Gasteiger partial charge in [-0.15, -0.1) is 0 Å². The van der Waals surface area contributed by atoms with Crippen molar-refractivity contribution in [1.29, 1.82) is 0 Å². The lowest BCUT2D eigenvalue weighted by Gasteiger charge is -2.23. The van der Waals surface area contributed by atoms with E-state index < -0.39 is 0 Å². The van der Waals surface area contributed by atoms with Crippen molar-refractivity contribution in [3.63, 3.8) is 0 Å². The molecule has 1 aromatic rings. The average Bonchev–Trinajstić information content (AvgIpc) is 2.75. The Hall–Kier alpha value is -0.830. The van der Waals surface area contributed by atoms with E-state index in [1.165, 1.54) is 25.0 Å². The number of hydrogen-bond donors (Lipinski definition) is 1. The van der Waals surface area contributed by atoms with Crippen molar-refractivity contribution in [2.45, 2.75) is 45.6 Å². The summed E-state index contributed by atoms with van der Waals surface area (Å²) in [4.78, 5) is 4.32. The quantitative estimate of drug-likeness (QED) is 0.846. The smallest absolute Gasteiger partial charge is 0.0948 e. The SMILES string of the molecule is CC(C)CCn1cncc1C1CCNCC1. The van der Waals surface area contributed by atoms with E-state index in [0.29, 0.717) is 0 Å². The monoisotopic (exact) mass is 221 g/mol. The van der Waals surface area contributed by atoms with Gasteiger partial charge in [-0.2, -0.15) is 0 Å². The topological polar surface area (TPSA) is 29.9 Å². The molecule has 90 valence electrons. The third-order valence-corrected chi connectivity index (χ3v) is 3.45. The first kappa shape index (κ1) is 11.6. The van der Waals surface area contributed by atoms with Gasteiger partial charge in [0.1, 0.15) is 0 Å². The molecule has 0 atom stereocenters. The number of aromatic nitrogens is 2. The molecular formula is C13H23N3. The highest BCUT2D eigenvalue weighted by Gasteiger charge is 2.18. The van der Waals surface area contributed by atoms with Crippen molar-refractivity contribution in [1.82, 2.24) is 14.9 Å². The third kappa shape index (κ3) is 2.85. The molecule has 1 aromatic heterocycles. The van der Waals surface area contributed by atoms with Gasteiger partial charge in [0.15, 0.2) is 0 Å². The zero-order chi connectivity index (χ0) is 11.4. The van der Waals surface area contributed by atoms with Gasteiger partial charge in [0.25, 0.3) is 0 Å². The maximum atomic E-state index is 4.32. The van der Waals surface area contributed by atoms with Gasteiger partial charge in [0, 0.05) is 24.4 Å². The standard InChI is InChI=1S/C13H23N3/c1-11(2)5-8-16-10-15-9-13(16)12-3-6-14-7-4-12/h9-12,14H,3-8H2,1-2H3. The van der Waals surface area contributed by atoms with E-state index in [-0.39, 0.29) is 0 Å². The Morgan fingerprint density at radius 1 is 1.44 bits per heavy atom. The number of hydrogen-bond acceptors (Lipinski definition) is 2. The summed E-state index contributed by atoms with van der Waals surface area (Å²) in [6, 6.07) is 0. The van der Waals surface area contributed by atoms with Crippen LogP contribution in [0.25, 0.3) is 0 Å². The number of nitrogens with one attached hydrogen (secondary N) is 1. The lowest BCUT2D eigenvalue weighted by atomic mass is 9.95. The zero-order valence-corrected chi connectivity index (χ0v) is 10.4. The van der Waals surface area contributed by atoms with Crippen molar-refractivity contribution in [2.24, 2.45) is 5.92 Å². The fraction of sp³-hybridized carbons (Fsp3) is 0.769. The molecule has 1 N–H and O–H groups in total. The molecule has 0 unspecified atom stereocenters. The van der Waals surface area contributed by atoms with Crippen LogP contribution in [0.5, 0.6) is 0 Å². The minimum Gasteiger partial charge on any atom is -0.334 e. The highest BCUT2D eigenvalue weighted by atomic mass is 15.0. The van der Waals surface area contributed by atoms with Crippen molar-refractivity contribution >= 4 is 0 Å². The maximum Gasteiger partial charge on any atom is 0.0948 e. The van der Waals surface area contributed by atoms with Crippen LogP contribution in [0.2, 0.25) is 0 Å². The van der Waals surface area contributed by atoms with Crippen LogP contribution in [0.1, 0.15) is 44.7 Å². The molecule has 1 saturated heterocycles. The summed E-state index contributed by atoms with van der Waals surface area (Å²) in [6.07, 6.45) is 7.82. The van der Waals surface area contributed by atoms with Gasteiger partial charge in [-0.25, -0.2) is 4.98 Å². The van der Waals surface area contributed by atoms with Crippen LogP contribution in [0.4, 0.5) is 0 Å². The molecule has 3 heteroatoms. The molecule has 0 spiro atoms. The minimum atomic E-state index is 0.718. The molecule has 3 nitrogen and oxygen atoms in total. The Morgan fingerprint density at radius 2 is 2.19 bits per heavy atom. The first-order valence-electron chi connectivity index (χ1n) is 6.48. The predicted molar refractivity (Wildman–Crippen MR) is 66.5 cm³/mol. The first-order valence-corrected chi connectivity index (χ1v) is 6.48. The average molecular weight is 221 g/mol. The van der Waals surface area contributed by atoms with Crippen molar-refractivity contribution < 1.29 is 0 Å². The van der Waals surface area contributed by atoms with Crippen LogP contribution < -0.4 is 5.32 Å². The van der Waals surface area contributed by atoms with E-state index in [2.05, 4.69) is 34.9 Å². The third-order valence-electron chi connectivity index (χ3n) is 3.45. The minimum absolute atomic E-state index is 0.718. The Balaban J connectivity index is 2.00. The second-order valence-electron chi connectivity index (χ2n) is 5.22. The van der Waals surface area contributed by atoms with Crippen LogP contribution in [0, 0.1) is 5.92 Å². The highest BCUT2D eigenvalue weighted by molar-refractivity contribution is 5.07. The van der Waals surface area contributed by atoms with Gasteiger partial charge in [-0.1, -0.05) is 13.8 Å². The van der Waals surface area contributed by atoms with Gasteiger partial charge < -0.3 is 9.88 Å². The van der Waals surface area contributed by atoms with Crippen molar-refractivity contribution in [2.75, 3.05) is 13.1 Å². The Labute approximate surface area is 98.3 Å². The second-order valence-corrected chi connectivity index (χ2v) is 5.22. The Bertz CT molecular complexity index is 311. The van der Waals surface area contributed by atoms with Crippen LogP contribution in [-0.4, -0.2) is 22.6 Å². The summed E-state index contributed by atoms with van der Waals surface area (Å²) >= 11 is 0.